The van der Waals surface area contributed by atoms with Crippen molar-refractivity contribution in [2.24, 2.45) is 13.0 Å². The van der Waals surface area contributed by atoms with Crippen molar-refractivity contribution < 1.29 is 4.79 Å². The molecule has 1 aromatic carbocycles. The molecule has 0 N–H and O–H groups in total. The van der Waals surface area contributed by atoms with Gasteiger partial charge in [-0.05, 0) is 44.9 Å². The van der Waals surface area contributed by atoms with Gasteiger partial charge in [0.15, 0.2) is 0 Å². The van der Waals surface area contributed by atoms with E-state index in [1.807, 2.05) is 41.0 Å². The van der Waals surface area contributed by atoms with Crippen LogP contribution in [0.5, 0.6) is 0 Å². The van der Waals surface area contributed by atoms with Crippen molar-refractivity contribution in [1.82, 2.24) is 14.7 Å². The molecule has 4 heterocycles. The molecule has 5 nitrogen and oxygen atoms in total. The van der Waals surface area contributed by atoms with Crippen molar-refractivity contribution in [3.63, 3.8) is 0 Å². The van der Waals surface area contributed by atoms with E-state index in [0.29, 0.717) is 17.9 Å². The zero-order valence-corrected chi connectivity index (χ0v) is 14.9. The predicted molar refractivity (Wildman–Crippen MR) is 96.3 cm³/mol. The van der Waals surface area contributed by atoms with Crippen LogP contribution in [0.4, 0.5) is 5.69 Å². The number of amides is 1. The van der Waals surface area contributed by atoms with Gasteiger partial charge in [-0.2, -0.15) is 5.10 Å². The molecular formula is C20H24N4O. The Kier molecular flexibility index (Phi) is 3.14. The van der Waals surface area contributed by atoms with Crippen LogP contribution in [0.25, 0.3) is 0 Å². The lowest BCUT2D eigenvalue weighted by Crippen LogP contribution is -2.49. The summed E-state index contributed by atoms with van der Waals surface area (Å²) >= 11 is 0. The van der Waals surface area contributed by atoms with E-state index in [1.54, 1.807) is 0 Å². The zero-order valence-electron chi connectivity index (χ0n) is 14.9. The number of rotatable bonds is 2. The van der Waals surface area contributed by atoms with Gasteiger partial charge in [0.05, 0.1) is 6.20 Å². The van der Waals surface area contributed by atoms with Crippen LogP contribution in [0.15, 0.2) is 36.5 Å². The van der Waals surface area contributed by atoms with Crippen LogP contribution in [0.2, 0.25) is 0 Å². The molecule has 1 spiro atoms. The van der Waals surface area contributed by atoms with E-state index in [2.05, 4.69) is 29.1 Å². The molecule has 3 aliphatic heterocycles. The first kappa shape index (κ1) is 15.1. The molecule has 0 aliphatic carbocycles. The monoisotopic (exact) mass is 336 g/mol. The van der Waals surface area contributed by atoms with Crippen LogP contribution in [-0.4, -0.2) is 39.2 Å². The maximum atomic E-state index is 13.5. The second kappa shape index (κ2) is 5.18. The molecular weight excluding hydrogens is 312 g/mol. The summed E-state index contributed by atoms with van der Waals surface area (Å²) in [5.74, 6) is 0.720. The largest absolute Gasteiger partial charge is 0.310 e. The third-order valence-corrected chi connectivity index (χ3v) is 6.75. The number of aromatic nitrogens is 2. The maximum Gasteiger partial charge on any atom is 0.247 e. The first-order valence-electron chi connectivity index (χ1n) is 9.25. The van der Waals surface area contributed by atoms with Crippen LogP contribution >= 0.6 is 0 Å². The lowest BCUT2D eigenvalue weighted by atomic mass is 9.85. The number of para-hydroxylation sites is 1. The van der Waals surface area contributed by atoms with E-state index in [4.69, 9.17) is 0 Å². The number of aryl methyl sites for hydroxylation is 1. The van der Waals surface area contributed by atoms with Crippen molar-refractivity contribution in [2.45, 2.75) is 37.8 Å². The number of carbonyl (C=O) groups excluding carboxylic acids is 1. The summed E-state index contributed by atoms with van der Waals surface area (Å²) in [5.41, 5.74) is 3.27. The number of carbonyl (C=O) groups is 1. The first-order chi connectivity index (χ1) is 12.1. The Bertz CT molecular complexity index is 829. The number of nitrogens with zero attached hydrogens (tertiary/aromatic N) is 4. The summed E-state index contributed by atoms with van der Waals surface area (Å²) < 4.78 is 1.95. The third-order valence-electron chi connectivity index (χ3n) is 6.75. The summed E-state index contributed by atoms with van der Waals surface area (Å²) in [6.45, 7) is 4.00. The van der Waals surface area contributed by atoms with Crippen molar-refractivity contribution in [2.75, 3.05) is 18.0 Å². The van der Waals surface area contributed by atoms with E-state index in [-0.39, 0.29) is 5.54 Å². The smallest absolute Gasteiger partial charge is 0.247 e. The normalized spacial score (nSPS) is 31.6. The number of hydrogen-bond acceptors (Lipinski definition) is 3. The van der Waals surface area contributed by atoms with E-state index < -0.39 is 0 Å². The van der Waals surface area contributed by atoms with Crippen LogP contribution in [0.1, 0.15) is 36.6 Å². The molecule has 0 saturated carbocycles. The summed E-state index contributed by atoms with van der Waals surface area (Å²) in [6, 6.07) is 10.5. The van der Waals surface area contributed by atoms with E-state index in [9.17, 15) is 4.79 Å². The highest BCUT2D eigenvalue weighted by atomic mass is 16.2. The fourth-order valence-electron chi connectivity index (χ4n) is 5.46. The molecule has 2 aromatic rings. The molecule has 0 bridgehead atoms. The van der Waals surface area contributed by atoms with E-state index in [1.165, 1.54) is 11.3 Å². The zero-order chi connectivity index (χ0) is 17.2. The highest BCUT2D eigenvalue weighted by Gasteiger charge is 2.65. The van der Waals surface area contributed by atoms with E-state index in [0.717, 1.165) is 38.0 Å². The standard InChI is InChI=1S/C20H24N4O/c1-14-17(12-21-22(14)2)18-11-15-13-23(16-7-4-3-5-8-16)19(25)20(15)9-6-10-24(18)20/h3-5,7-8,12,15,18H,6,9-11,13H2,1-2H3/t15-,18-,20-/m0/s1. The van der Waals surface area contributed by atoms with Gasteiger partial charge in [-0.3, -0.25) is 14.4 Å². The molecule has 5 heteroatoms. The highest BCUT2D eigenvalue weighted by Crippen LogP contribution is 2.56. The molecule has 5 rings (SSSR count). The molecule has 1 amide bonds. The Balaban J connectivity index is 1.53. The summed E-state index contributed by atoms with van der Waals surface area (Å²) in [5, 5.41) is 4.44. The number of anilines is 1. The topological polar surface area (TPSA) is 41.4 Å². The minimum atomic E-state index is -0.289. The highest BCUT2D eigenvalue weighted by molar-refractivity contribution is 6.03. The van der Waals surface area contributed by atoms with Gasteiger partial charge in [-0.25, -0.2) is 0 Å². The third kappa shape index (κ3) is 1.87. The van der Waals surface area contributed by atoms with Gasteiger partial charge in [-0.15, -0.1) is 0 Å². The van der Waals surface area contributed by atoms with E-state index >= 15 is 0 Å². The van der Waals surface area contributed by atoms with Gasteiger partial charge in [0.25, 0.3) is 0 Å². The average Bonchev–Trinajstić information content (AvgIpc) is 3.33. The Morgan fingerprint density at radius 2 is 2.04 bits per heavy atom. The van der Waals surface area contributed by atoms with Crippen LogP contribution in [0, 0.1) is 12.8 Å². The van der Waals surface area contributed by atoms with Gasteiger partial charge in [0.1, 0.15) is 5.54 Å². The Morgan fingerprint density at radius 3 is 2.76 bits per heavy atom. The Labute approximate surface area is 148 Å². The molecule has 0 radical (unpaired) electrons. The van der Waals surface area contributed by atoms with Crippen molar-refractivity contribution in [1.29, 1.82) is 0 Å². The molecule has 3 aliphatic rings. The lowest BCUT2D eigenvalue weighted by molar-refractivity contribution is -0.126. The van der Waals surface area contributed by atoms with Gasteiger partial charge in [-0.1, -0.05) is 18.2 Å². The summed E-state index contributed by atoms with van der Waals surface area (Å²) in [6.07, 6.45) is 5.17. The SMILES string of the molecule is Cc1c([C@@H]2C[C@H]3CN(c4ccccc4)C(=O)[C@]34CCCN24)cnn1C. The minimum Gasteiger partial charge on any atom is -0.310 e. The van der Waals surface area contributed by atoms with Gasteiger partial charge < -0.3 is 4.90 Å². The maximum absolute atomic E-state index is 13.5. The fourth-order valence-corrected chi connectivity index (χ4v) is 5.46. The molecule has 1 aromatic heterocycles. The van der Waals surface area contributed by atoms with Gasteiger partial charge in [0, 0.05) is 42.5 Å². The summed E-state index contributed by atoms with van der Waals surface area (Å²) in [4.78, 5) is 18.1. The number of hydrogen-bond donors (Lipinski definition) is 0. The molecule has 0 unspecified atom stereocenters. The molecule has 25 heavy (non-hydrogen) atoms. The van der Waals surface area contributed by atoms with Gasteiger partial charge >= 0.3 is 0 Å². The lowest BCUT2D eigenvalue weighted by Gasteiger charge is -2.33. The quantitative estimate of drug-likeness (QED) is 0.847. The average molecular weight is 336 g/mol. The summed E-state index contributed by atoms with van der Waals surface area (Å²) in [7, 11) is 2.00. The van der Waals surface area contributed by atoms with Crippen molar-refractivity contribution in [3.05, 3.63) is 47.8 Å². The van der Waals surface area contributed by atoms with Crippen molar-refractivity contribution in [3.8, 4) is 0 Å². The Morgan fingerprint density at radius 1 is 1.24 bits per heavy atom. The van der Waals surface area contributed by atoms with Gasteiger partial charge in [0.2, 0.25) is 5.91 Å². The van der Waals surface area contributed by atoms with Crippen LogP contribution < -0.4 is 4.90 Å². The molecule has 3 atom stereocenters. The number of benzene rings is 1. The predicted octanol–water partition coefficient (Wildman–Crippen LogP) is 2.67. The molecule has 3 fully saturated rings. The second-order valence-corrected chi connectivity index (χ2v) is 7.73. The van der Waals surface area contributed by atoms with Crippen LogP contribution in [-0.2, 0) is 11.8 Å². The van der Waals surface area contributed by atoms with Crippen molar-refractivity contribution >= 4 is 11.6 Å². The molecule has 3 saturated heterocycles. The van der Waals surface area contributed by atoms with Crippen LogP contribution in [0.3, 0.4) is 0 Å². The fraction of sp³-hybridized carbons (Fsp3) is 0.500. The minimum absolute atomic E-state index is 0.289. The first-order valence-corrected chi connectivity index (χ1v) is 9.25. The second-order valence-electron chi connectivity index (χ2n) is 7.73. The molecule has 130 valence electrons. The Hall–Kier alpha value is -2.14.